The molecule has 0 aliphatic rings. The summed E-state index contributed by atoms with van der Waals surface area (Å²) < 4.78 is 5.06. The number of hydrogen-bond acceptors (Lipinski definition) is 0. The van der Waals surface area contributed by atoms with Gasteiger partial charge in [0.1, 0.15) is 0 Å². The molecule has 0 saturated carbocycles. The number of rotatable bonds is 4. The minimum absolute atomic E-state index is 1.27. The van der Waals surface area contributed by atoms with Gasteiger partial charge in [-0.3, -0.25) is 0 Å². The molecule has 0 bridgehead atoms. The Morgan fingerprint density at radius 1 is 0.310 bits per heavy atom. The Bertz CT molecular complexity index is 916. The van der Waals surface area contributed by atoms with Crippen molar-refractivity contribution in [3.05, 3.63) is 111 Å². The molecule has 0 spiro atoms. The van der Waals surface area contributed by atoms with Gasteiger partial charge in [-0.15, -0.1) is 0 Å². The Labute approximate surface area is 227 Å². The fraction of sp³-hybridized carbons (Fsp3) is 0. The molecule has 0 atom stereocenters. The second-order valence-corrected chi connectivity index (χ2v) is 15.6. The third-order valence-electron chi connectivity index (χ3n) is 5.11. The first-order chi connectivity index (χ1) is 14.0. The summed E-state index contributed by atoms with van der Waals surface area (Å²) in [5, 5.41) is 5.67. The van der Waals surface area contributed by atoms with E-state index in [1.165, 1.54) is 35.5 Å². The third-order valence-corrected chi connectivity index (χ3v) is 12.8. The van der Waals surface area contributed by atoms with Gasteiger partial charge in [0.25, 0.3) is 0 Å². The van der Waals surface area contributed by atoms with Crippen molar-refractivity contribution in [2.45, 2.75) is 0 Å². The number of halogens is 4. The molecule has 0 heterocycles. The zero-order chi connectivity index (χ0) is 20.4. The Morgan fingerprint density at radius 3 is 0.655 bits per heavy atom. The molecule has 4 rings (SSSR count). The molecule has 0 unspecified atom stereocenters. The van der Waals surface area contributed by atoms with E-state index in [9.17, 15) is 0 Å². The van der Waals surface area contributed by atoms with E-state index < -0.39 is 7.26 Å². The van der Waals surface area contributed by atoms with Crippen molar-refractivity contribution in [3.63, 3.8) is 0 Å². The van der Waals surface area contributed by atoms with Crippen LogP contribution in [0.2, 0.25) is 0 Å². The van der Waals surface area contributed by atoms with Crippen LogP contribution in [0, 0.1) is 14.3 Å². The fourth-order valence-corrected chi connectivity index (χ4v) is 9.90. The van der Waals surface area contributed by atoms with Gasteiger partial charge in [-0.1, -0.05) is 0 Å². The molecule has 5 heteroatoms. The van der Waals surface area contributed by atoms with Crippen LogP contribution >= 0.6 is 97.6 Å². The second-order valence-electron chi connectivity index (χ2n) is 6.78. The average molecular weight is 844 g/mol. The van der Waals surface area contributed by atoms with Crippen LogP contribution in [0.3, 0.4) is 0 Å². The fourth-order valence-electron chi connectivity index (χ4n) is 3.80. The normalized spacial score (nSPS) is 12.0. The van der Waals surface area contributed by atoms with Crippen LogP contribution in [0.4, 0.5) is 0 Å². The molecule has 4 aromatic carbocycles. The summed E-state index contributed by atoms with van der Waals surface area (Å²) in [6.45, 7) is 0. The molecule has 146 valence electrons. The van der Waals surface area contributed by atoms with Gasteiger partial charge in [-0.2, -0.15) is 0 Å². The Morgan fingerprint density at radius 2 is 0.483 bits per heavy atom. The average Bonchev–Trinajstić information content (AvgIpc) is 2.73. The van der Waals surface area contributed by atoms with E-state index in [-0.39, 0.29) is 0 Å². The van der Waals surface area contributed by atoms with Crippen molar-refractivity contribution < 1.29 is 0 Å². The van der Waals surface area contributed by atoms with E-state index in [0.717, 1.165) is 0 Å². The van der Waals surface area contributed by atoms with Crippen LogP contribution in [0.15, 0.2) is 97.1 Å². The Balaban J connectivity index is 2.11. The predicted molar refractivity (Wildman–Crippen MR) is 163 cm³/mol. The van der Waals surface area contributed by atoms with Crippen LogP contribution in [-0.4, -0.2) is 0 Å². The van der Waals surface area contributed by atoms with Crippen molar-refractivity contribution in [2.75, 3.05) is 0 Å². The number of benzene rings is 4. The molecule has 0 nitrogen and oxygen atoms in total. The van der Waals surface area contributed by atoms with Crippen LogP contribution in [0.5, 0.6) is 0 Å². The molecule has 0 aliphatic heterocycles. The van der Waals surface area contributed by atoms with E-state index >= 15 is 0 Å². The summed E-state index contributed by atoms with van der Waals surface area (Å²) in [5.74, 6) is 0. The van der Waals surface area contributed by atoms with Gasteiger partial charge in [-0.05, 0) is 0 Å². The summed E-state index contributed by atoms with van der Waals surface area (Å²) in [6.07, 6.45) is 0. The molecule has 29 heavy (non-hydrogen) atoms. The van der Waals surface area contributed by atoms with Crippen molar-refractivity contribution in [3.8, 4) is 0 Å². The van der Waals surface area contributed by atoms with Gasteiger partial charge in [-0.25, -0.2) is 0 Å². The van der Waals surface area contributed by atoms with Crippen LogP contribution < -0.4 is 21.2 Å². The van der Waals surface area contributed by atoms with Crippen molar-refractivity contribution in [1.29, 1.82) is 0 Å². The quantitative estimate of drug-likeness (QED) is 0.164. The van der Waals surface area contributed by atoms with Crippen LogP contribution in [0.1, 0.15) is 0 Å². The molecule has 0 N–H and O–H groups in total. The van der Waals surface area contributed by atoms with Gasteiger partial charge >= 0.3 is 230 Å². The number of hydrogen-bond donors (Lipinski definition) is 0. The molecule has 0 aromatic heterocycles. The Hall–Kier alpha value is 0.230. The van der Waals surface area contributed by atoms with E-state index in [2.05, 4.69) is 187 Å². The SMILES string of the molecule is Ic1ccc([PH](c2ccc(I)cc2)(c2ccc(I)cc2)c2ccc(I)cc2)cc1. The third kappa shape index (κ3) is 4.71. The summed E-state index contributed by atoms with van der Waals surface area (Å²) in [4.78, 5) is 0. The summed E-state index contributed by atoms with van der Waals surface area (Å²) in [5.41, 5.74) is 0. The van der Waals surface area contributed by atoms with Crippen molar-refractivity contribution in [1.82, 2.24) is 0 Å². The van der Waals surface area contributed by atoms with Gasteiger partial charge < -0.3 is 0 Å². The topological polar surface area (TPSA) is 0 Å². The van der Waals surface area contributed by atoms with Crippen LogP contribution in [0.25, 0.3) is 0 Å². The predicted octanol–water partition coefficient (Wildman–Crippen LogP) is 6.46. The maximum absolute atomic E-state index is 2.41. The molecule has 0 amide bonds. The molecular weight excluding hydrogens is 827 g/mol. The minimum atomic E-state index is -2.41. The molecule has 4 aromatic rings. The van der Waals surface area contributed by atoms with Gasteiger partial charge in [0.05, 0.1) is 0 Å². The first-order valence-corrected chi connectivity index (χ1v) is 15.4. The van der Waals surface area contributed by atoms with E-state index in [0.29, 0.717) is 0 Å². The first-order valence-electron chi connectivity index (χ1n) is 9.04. The van der Waals surface area contributed by atoms with Gasteiger partial charge in [0, 0.05) is 0 Å². The van der Waals surface area contributed by atoms with Crippen molar-refractivity contribution in [2.24, 2.45) is 0 Å². The summed E-state index contributed by atoms with van der Waals surface area (Å²) in [6, 6.07) is 36.6. The van der Waals surface area contributed by atoms with Crippen LogP contribution in [-0.2, 0) is 0 Å². The second kappa shape index (κ2) is 9.79. The maximum atomic E-state index is 2.39. The molecule has 0 radical (unpaired) electrons. The standard InChI is InChI=1S/C24H17I4P/c25-17-1-9-21(10-2-17)29(22-11-3-18(26)4-12-22,23-13-5-19(27)6-14-23)24-15-7-20(28)8-16-24/h1-16,29H. The van der Waals surface area contributed by atoms with Crippen molar-refractivity contribution >= 4 is 119 Å². The van der Waals surface area contributed by atoms with Gasteiger partial charge in [0.2, 0.25) is 0 Å². The zero-order valence-corrected chi connectivity index (χ0v) is 24.9. The van der Waals surface area contributed by atoms with E-state index in [1.807, 2.05) is 0 Å². The Kier molecular flexibility index (Phi) is 7.57. The molecular formula is C24H17I4P. The molecule has 0 saturated heterocycles. The molecule has 0 fully saturated rings. The summed E-state index contributed by atoms with van der Waals surface area (Å²) in [7, 11) is -2.41. The monoisotopic (exact) mass is 844 g/mol. The van der Waals surface area contributed by atoms with E-state index in [1.54, 1.807) is 0 Å². The van der Waals surface area contributed by atoms with E-state index in [4.69, 9.17) is 0 Å². The molecule has 0 aliphatic carbocycles. The zero-order valence-electron chi connectivity index (χ0n) is 15.2. The van der Waals surface area contributed by atoms with Gasteiger partial charge in [0.15, 0.2) is 0 Å². The summed E-state index contributed by atoms with van der Waals surface area (Å²) >= 11 is 9.58. The first kappa shape index (κ1) is 22.4.